The number of ether oxygens (including phenoxy) is 5. The van der Waals surface area contributed by atoms with Gasteiger partial charge in [-0.25, -0.2) is 0 Å². The number of rotatable bonds is 15. The number of methoxy groups -OCH3 is 1. The number of esters is 2. The first kappa shape index (κ1) is 26.1. The van der Waals surface area contributed by atoms with Gasteiger partial charge < -0.3 is 23.7 Å². The molecule has 0 aromatic heterocycles. The first-order chi connectivity index (χ1) is 14.2. The fourth-order valence-corrected chi connectivity index (χ4v) is 3.03. The van der Waals surface area contributed by atoms with E-state index < -0.39 is 10.8 Å². The van der Waals surface area contributed by atoms with Crippen LogP contribution >= 0.6 is 0 Å². The molecule has 0 bridgehead atoms. The van der Waals surface area contributed by atoms with Crippen molar-refractivity contribution >= 4 is 11.9 Å². The predicted molar refractivity (Wildman–Crippen MR) is 113 cm³/mol. The lowest BCUT2D eigenvalue weighted by atomic mass is 9.72. The Morgan fingerprint density at radius 3 is 2.17 bits per heavy atom. The van der Waals surface area contributed by atoms with Gasteiger partial charge in [0.2, 0.25) is 0 Å². The molecule has 0 spiro atoms. The molecule has 1 unspecified atom stereocenters. The van der Waals surface area contributed by atoms with E-state index in [0.717, 1.165) is 5.56 Å². The fraction of sp³-hybridized carbons (Fsp3) is 0.652. The predicted octanol–water partition coefficient (Wildman–Crippen LogP) is 3.74. The zero-order chi connectivity index (χ0) is 22.5. The van der Waals surface area contributed by atoms with Gasteiger partial charge in [0.25, 0.3) is 0 Å². The molecule has 1 aromatic carbocycles. The number of hydrogen-bond acceptors (Lipinski definition) is 7. The summed E-state index contributed by atoms with van der Waals surface area (Å²) in [6.45, 7) is 8.88. The molecule has 1 aromatic rings. The molecule has 0 heterocycles. The third kappa shape index (κ3) is 9.24. The van der Waals surface area contributed by atoms with Crippen molar-refractivity contribution in [1.29, 1.82) is 0 Å². The SMILES string of the molecule is CCC(C)(CC(C)(C)C(=O)OCCOCCOC)C(=O)OCOCc1ccccc1. The van der Waals surface area contributed by atoms with Crippen LogP contribution in [0, 0.1) is 10.8 Å². The maximum absolute atomic E-state index is 12.7. The molecule has 1 atom stereocenters. The summed E-state index contributed by atoms with van der Waals surface area (Å²) in [4.78, 5) is 25.2. The van der Waals surface area contributed by atoms with Gasteiger partial charge in [-0.3, -0.25) is 9.59 Å². The second-order valence-corrected chi connectivity index (χ2v) is 8.10. The van der Waals surface area contributed by atoms with Gasteiger partial charge >= 0.3 is 11.9 Å². The first-order valence-electron chi connectivity index (χ1n) is 10.3. The monoisotopic (exact) mass is 424 g/mol. The molecule has 0 saturated heterocycles. The van der Waals surface area contributed by atoms with Crippen LogP contribution in [0.4, 0.5) is 0 Å². The zero-order valence-corrected chi connectivity index (χ0v) is 18.9. The molecule has 7 nitrogen and oxygen atoms in total. The fourth-order valence-electron chi connectivity index (χ4n) is 3.03. The molecule has 0 amide bonds. The van der Waals surface area contributed by atoms with Crippen LogP contribution < -0.4 is 0 Å². The highest BCUT2D eigenvalue weighted by molar-refractivity contribution is 5.80. The highest BCUT2D eigenvalue weighted by Gasteiger charge is 2.42. The molecule has 0 N–H and O–H groups in total. The lowest BCUT2D eigenvalue weighted by Crippen LogP contribution is -2.39. The summed E-state index contributed by atoms with van der Waals surface area (Å²) in [7, 11) is 1.59. The van der Waals surface area contributed by atoms with Gasteiger partial charge in [-0.2, -0.15) is 0 Å². The van der Waals surface area contributed by atoms with Crippen molar-refractivity contribution < 1.29 is 33.3 Å². The van der Waals surface area contributed by atoms with Crippen molar-refractivity contribution in [1.82, 2.24) is 0 Å². The van der Waals surface area contributed by atoms with Crippen molar-refractivity contribution in [3.63, 3.8) is 0 Å². The number of benzene rings is 1. The quantitative estimate of drug-likeness (QED) is 0.241. The van der Waals surface area contributed by atoms with E-state index in [9.17, 15) is 9.59 Å². The molecule has 7 heteroatoms. The molecule has 0 fully saturated rings. The molecule has 30 heavy (non-hydrogen) atoms. The van der Waals surface area contributed by atoms with Crippen LogP contribution in [0.25, 0.3) is 0 Å². The number of hydrogen-bond donors (Lipinski definition) is 0. The summed E-state index contributed by atoms with van der Waals surface area (Å²) in [5, 5.41) is 0. The van der Waals surface area contributed by atoms with Crippen LogP contribution in [0.1, 0.15) is 46.1 Å². The highest BCUT2D eigenvalue weighted by Crippen LogP contribution is 2.38. The Morgan fingerprint density at radius 1 is 0.867 bits per heavy atom. The summed E-state index contributed by atoms with van der Waals surface area (Å²) >= 11 is 0. The minimum absolute atomic E-state index is 0.132. The van der Waals surface area contributed by atoms with Crippen molar-refractivity contribution in [2.45, 2.75) is 47.1 Å². The molecule has 1 rings (SSSR count). The van der Waals surface area contributed by atoms with Crippen molar-refractivity contribution in [2.24, 2.45) is 10.8 Å². The molecule has 0 aliphatic carbocycles. The van der Waals surface area contributed by atoms with Crippen molar-refractivity contribution in [2.75, 3.05) is 40.3 Å². The summed E-state index contributed by atoms with van der Waals surface area (Å²) < 4.78 is 26.3. The van der Waals surface area contributed by atoms with E-state index in [1.807, 2.05) is 37.3 Å². The Bertz CT molecular complexity index is 630. The van der Waals surface area contributed by atoms with E-state index in [-0.39, 0.29) is 25.3 Å². The van der Waals surface area contributed by atoms with Crippen LogP contribution in [-0.2, 0) is 39.9 Å². The molecule has 0 aliphatic heterocycles. The number of carbonyl (C=O) groups is 2. The first-order valence-corrected chi connectivity index (χ1v) is 10.3. The van der Waals surface area contributed by atoms with Crippen molar-refractivity contribution in [3.8, 4) is 0 Å². The maximum atomic E-state index is 12.7. The normalized spacial score (nSPS) is 13.5. The maximum Gasteiger partial charge on any atom is 0.313 e. The molecule has 0 aliphatic rings. The van der Waals surface area contributed by atoms with E-state index in [1.54, 1.807) is 27.9 Å². The van der Waals surface area contributed by atoms with Crippen LogP contribution in [0.15, 0.2) is 30.3 Å². The number of carbonyl (C=O) groups excluding carboxylic acids is 2. The second-order valence-electron chi connectivity index (χ2n) is 8.10. The van der Waals surface area contributed by atoms with Gasteiger partial charge in [-0.05, 0) is 39.2 Å². The molecular formula is C23H36O7. The van der Waals surface area contributed by atoms with E-state index >= 15 is 0 Å². The lowest BCUT2D eigenvalue weighted by Gasteiger charge is -2.33. The lowest BCUT2D eigenvalue weighted by molar-refractivity contribution is -0.173. The van der Waals surface area contributed by atoms with Crippen LogP contribution in [0.5, 0.6) is 0 Å². The minimum atomic E-state index is -0.846. The molecule has 0 radical (unpaired) electrons. The highest BCUT2D eigenvalue weighted by atomic mass is 16.7. The zero-order valence-electron chi connectivity index (χ0n) is 18.9. The van der Waals surface area contributed by atoms with Crippen LogP contribution in [-0.4, -0.2) is 52.3 Å². The second kappa shape index (κ2) is 13.4. The summed E-state index contributed by atoms with van der Waals surface area (Å²) in [6, 6.07) is 9.65. The third-order valence-corrected chi connectivity index (χ3v) is 4.94. The summed E-state index contributed by atoms with van der Waals surface area (Å²) in [5.74, 6) is -0.757. The van der Waals surface area contributed by atoms with E-state index in [4.69, 9.17) is 23.7 Å². The summed E-state index contributed by atoms with van der Waals surface area (Å²) in [5.41, 5.74) is -0.670. The topological polar surface area (TPSA) is 80.3 Å². The van der Waals surface area contributed by atoms with Gasteiger partial charge in [0.1, 0.15) is 6.61 Å². The minimum Gasteiger partial charge on any atom is -0.463 e. The average molecular weight is 425 g/mol. The van der Waals surface area contributed by atoms with Gasteiger partial charge in [0.15, 0.2) is 6.79 Å². The van der Waals surface area contributed by atoms with Crippen LogP contribution in [0.2, 0.25) is 0 Å². The average Bonchev–Trinajstić information content (AvgIpc) is 2.73. The van der Waals surface area contributed by atoms with Crippen molar-refractivity contribution in [3.05, 3.63) is 35.9 Å². The molecule has 170 valence electrons. The van der Waals surface area contributed by atoms with E-state index in [2.05, 4.69) is 0 Å². The standard InChI is InChI=1S/C23H36O7/c1-6-23(4,21(25)30-18-28-16-19-10-8-7-9-11-19)17-22(2,3)20(24)29-15-14-27-13-12-26-5/h7-11H,6,12-18H2,1-5H3. The smallest absolute Gasteiger partial charge is 0.313 e. The Morgan fingerprint density at radius 2 is 1.53 bits per heavy atom. The Labute approximate surface area is 180 Å². The van der Waals surface area contributed by atoms with Gasteiger partial charge in [0.05, 0.1) is 37.3 Å². The van der Waals surface area contributed by atoms with E-state index in [1.165, 1.54) is 0 Å². The largest absolute Gasteiger partial charge is 0.463 e. The summed E-state index contributed by atoms with van der Waals surface area (Å²) in [6.07, 6.45) is 0.832. The van der Waals surface area contributed by atoms with Gasteiger partial charge in [-0.15, -0.1) is 0 Å². The van der Waals surface area contributed by atoms with E-state index in [0.29, 0.717) is 39.3 Å². The Balaban J connectivity index is 2.45. The Hall–Kier alpha value is -1.96. The molecular weight excluding hydrogens is 388 g/mol. The van der Waals surface area contributed by atoms with Gasteiger partial charge in [-0.1, -0.05) is 37.3 Å². The van der Waals surface area contributed by atoms with Gasteiger partial charge in [0, 0.05) is 7.11 Å². The Kier molecular flexibility index (Phi) is 11.6. The molecule has 0 saturated carbocycles. The van der Waals surface area contributed by atoms with Crippen LogP contribution in [0.3, 0.4) is 0 Å². The third-order valence-electron chi connectivity index (χ3n) is 4.94.